The summed E-state index contributed by atoms with van der Waals surface area (Å²) in [4.78, 5) is 5.83. The van der Waals surface area contributed by atoms with Crippen LogP contribution in [0.5, 0.6) is 11.5 Å². The number of likely N-dealkylation sites (tertiary alicyclic amines) is 1. The molecular weight excluding hydrogens is 342 g/mol. The Kier molecular flexibility index (Phi) is 5.78. The molecule has 0 spiro atoms. The maximum absolute atomic E-state index is 8.46. The van der Waals surface area contributed by atoms with E-state index in [4.69, 9.17) is 26.0 Å². The number of benzene rings is 1. The molecule has 4 N–H and O–H groups in total. The SMILES string of the molecule is C/C(C(=N)N1CCC(Oc2ccc3c(c2)OCC3)CC1)=C(\C)C(N)=NC=N. The normalized spacial score (nSPS) is 18.4. The molecule has 1 saturated heterocycles. The van der Waals surface area contributed by atoms with Crippen LogP contribution in [-0.2, 0) is 6.42 Å². The lowest BCUT2D eigenvalue weighted by Gasteiger charge is -2.34. The van der Waals surface area contributed by atoms with E-state index in [2.05, 4.69) is 11.1 Å². The minimum Gasteiger partial charge on any atom is -0.493 e. The third kappa shape index (κ3) is 4.30. The summed E-state index contributed by atoms with van der Waals surface area (Å²) in [6.45, 7) is 5.98. The predicted octanol–water partition coefficient (Wildman–Crippen LogP) is 2.74. The number of piperidine rings is 1. The Hall–Kier alpha value is -2.83. The van der Waals surface area contributed by atoms with Crippen molar-refractivity contribution < 1.29 is 9.47 Å². The summed E-state index contributed by atoms with van der Waals surface area (Å²) in [5.41, 5.74) is 8.60. The van der Waals surface area contributed by atoms with Gasteiger partial charge in [0.1, 0.15) is 35.6 Å². The number of nitrogens with zero attached hydrogens (tertiary/aromatic N) is 2. The van der Waals surface area contributed by atoms with Crippen molar-refractivity contribution in [3.8, 4) is 11.5 Å². The molecule has 27 heavy (non-hydrogen) atoms. The molecule has 1 aromatic carbocycles. The number of nitrogens with two attached hydrogens (primary N) is 1. The van der Waals surface area contributed by atoms with E-state index < -0.39 is 0 Å². The highest BCUT2D eigenvalue weighted by Crippen LogP contribution is 2.31. The van der Waals surface area contributed by atoms with Gasteiger partial charge in [-0.3, -0.25) is 10.8 Å². The van der Waals surface area contributed by atoms with E-state index >= 15 is 0 Å². The first-order valence-electron chi connectivity index (χ1n) is 9.26. The number of hydrogen-bond acceptors (Lipinski definition) is 4. The van der Waals surface area contributed by atoms with Gasteiger partial charge in [0.15, 0.2) is 0 Å². The van der Waals surface area contributed by atoms with Crippen molar-refractivity contribution in [1.29, 1.82) is 10.8 Å². The molecule has 1 aromatic rings. The maximum Gasteiger partial charge on any atom is 0.128 e. The van der Waals surface area contributed by atoms with E-state index in [-0.39, 0.29) is 11.9 Å². The monoisotopic (exact) mass is 369 g/mol. The molecule has 7 nitrogen and oxygen atoms in total. The smallest absolute Gasteiger partial charge is 0.128 e. The minimum absolute atomic E-state index is 0.142. The Morgan fingerprint density at radius 2 is 2.04 bits per heavy atom. The largest absolute Gasteiger partial charge is 0.493 e. The highest BCUT2D eigenvalue weighted by molar-refractivity contribution is 6.08. The molecule has 0 unspecified atom stereocenters. The van der Waals surface area contributed by atoms with Crippen molar-refractivity contribution in [2.45, 2.75) is 39.2 Å². The summed E-state index contributed by atoms with van der Waals surface area (Å²) < 4.78 is 11.7. The van der Waals surface area contributed by atoms with Crippen LogP contribution in [0.25, 0.3) is 0 Å². The maximum atomic E-state index is 8.46. The summed E-state index contributed by atoms with van der Waals surface area (Å²) in [6.07, 6.45) is 3.75. The molecule has 0 aliphatic carbocycles. The molecule has 0 saturated carbocycles. The lowest BCUT2D eigenvalue weighted by molar-refractivity contribution is 0.130. The number of nitrogens with one attached hydrogen (secondary N) is 2. The van der Waals surface area contributed by atoms with Gasteiger partial charge < -0.3 is 20.1 Å². The van der Waals surface area contributed by atoms with E-state index in [0.29, 0.717) is 5.84 Å². The van der Waals surface area contributed by atoms with Crippen LogP contribution < -0.4 is 15.2 Å². The van der Waals surface area contributed by atoms with E-state index in [9.17, 15) is 0 Å². The number of fused-ring (bicyclic) bond motifs is 1. The van der Waals surface area contributed by atoms with Crippen LogP contribution in [0.2, 0.25) is 0 Å². The fourth-order valence-corrected chi connectivity index (χ4v) is 3.38. The zero-order valence-corrected chi connectivity index (χ0v) is 15.9. The van der Waals surface area contributed by atoms with Crippen molar-refractivity contribution in [2.75, 3.05) is 19.7 Å². The first-order valence-corrected chi connectivity index (χ1v) is 9.26. The fraction of sp³-hybridized carbons (Fsp3) is 0.450. The van der Waals surface area contributed by atoms with E-state index in [1.54, 1.807) is 0 Å². The van der Waals surface area contributed by atoms with Crippen molar-refractivity contribution in [2.24, 2.45) is 10.7 Å². The number of ether oxygens (including phenoxy) is 2. The van der Waals surface area contributed by atoms with Gasteiger partial charge in [0.2, 0.25) is 0 Å². The van der Waals surface area contributed by atoms with Gasteiger partial charge in [-0.1, -0.05) is 6.07 Å². The second kappa shape index (κ2) is 8.24. The molecule has 0 aromatic heterocycles. The van der Waals surface area contributed by atoms with Crippen LogP contribution in [0, 0.1) is 10.8 Å². The van der Waals surface area contributed by atoms with Gasteiger partial charge in [0, 0.05) is 38.4 Å². The van der Waals surface area contributed by atoms with Gasteiger partial charge in [0.25, 0.3) is 0 Å². The molecule has 2 aliphatic heterocycles. The quantitative estimate of drug-likeness (QED) is 0.548. The van der Waals surface area contributed by atoms with Crippen LogP contribution in [0.3, 0.4) is 0 Å². The molecule has 0 amide bonds. The average molecular weight is 369 g/mol. The minimum atomic E-state index is 0.142. The summed E-state index contributed by atoms with van der Waals surface area (Å²) in [7, 11) is 0. The molecule has 0 atom stereocenters. The van der Waals surface area contributed by atoms with Crippen LogP contribution >= 0.6 is 0 Å². The third-order valence-electron chi connectivity index (χ3n) is 5.23. The molecule has 0 bridgehead atoms. The molecule has 0 radical (unpaired) electrons. The van der Waals surface area contributed by atoms with E-state index in [1.807, 2.05) is 30.9 Å². The van der Waals surface area contributed by atoms with Crippen LogP contribution in [0.4, 0.5) is 0 Å². The summed E-state index contributed by atoms with van der Waals surface area (Å²) in [6, 6.07) is 6.09. The Morgan fingerprint density at radius 1 is 1.30 bits per heavy atom. The number of aliphatic imine (C=N–C) groups is 1. The Labute approximate surface area is 159 Å². The van der Waals surface area contributed by atoms with Gasteiger partial charge >= 0.3 is 0 Å². The summed E-state index contributed by atoms with van der Waals surface area (Å²) in [5.74, 6) is 2.53. The number of rotatable bonds is 5. The standard InChI is InChI=1S/C20H27N5O2/c1-13(19(22)24-12-21)14(2)20(23)25-8-5-16(6-9-25)27-17-4-3-15-7-10-26-18(15)11-17/h3-4,11-12,16,23H,5-10H2,1-2H3,(H3,21,22,24)/b14-13-,23-20?. The highest BCUT2D eigenvalue weighted by atomic mass is 16.5. The number of hydrogen-bond donors (Lipinski definition) is 3. The molecule has 144 valence electrons. The van der Waals surface area contributed by atoms with Crippen LogP contribution in [-0.4, -0.2) is 48.7 Å². The van der Waals surface area contributed by atoms with E-state index in [0.717, 1.165) is 67.9 Å². The molecule has 3 rings (SSSR count). The molecule has 2 aliphatic rings. The third-order valence-corrected chi connectivity index (χ3v) is 5.23. The molecule has 1 fully saturated rings. The van der Waals surface area contributed by atoms with Gasteiger partial charge in [-0.2, -0.15) is 0 Å². The van der Waals surface area contributed by atoms with Crippen molar-refractivity contribution in [3.63, 3.8) is 0 Å². The van der Waals surface area contributed by atoms with E-state index in [1.165, 1.54) is 5.56 Å². The second-order valence-electron chi connectivity index (χ2n) is 6.91. The Morgan fingerprint density at radius 3 is 2.74 bits per heavy atom. The zero-order chi connectivity index (χ0) is 19.4. The Bertz CT molecular complexity index is 792. The lowest BCUT2D eigenvalue weighted by atomic mass is 10.0. The van der Waals surface area contributed by atoms with Crippen LogP contribution in [0.15, 0.2) is 34.3 Å². The Balaban J connectivity index is 1.57. The first-order chi connectivity index (χ1) is 13.0. The average Bonchev–Trinajstić information content (AvgIpc) is 3.15. The first kappa shape index (κ1) is 18.9. The highest BCUT2D eigenvalue weighted by Gasteiger charge is 2.24. The fourth-order valence-electron chi connectivity index (χ4n) is 3.38. The van der Waals surface area contributed by atoms with Gasteiger partial charge in [-0.25, -0.2) is 4.99 Å². The predicted molar refractivity (Wildman–Crippen MR) is 107 cm³/mol. The van der Waals surface area contributed by atoms with Gasteiger partial charge in [-0.05, 0) is 36.6 Å². The van der Waals surface area contributed by atoms with Gasteiger partial charge in [-0.15, -0.1) is 0 Å². The summed E-state index contributed by atoms with van der Waals surface area (Å²) in [5, 5.41) is 15.5. The lowest BCUT2D eigenvalue weighted by Crippen LogP contribution is -2.42. The molecular formula is C20H27N5O2. The summed E-state index contributed by atoms with van der Waals surface area (Å²) >= 11 is 0. The van der Waals surface area contributed by atoms with Crippen molar-refractivity contribution in [3.05, 3.63) is 34.9 Å². The van der Waals surface area contributed by atoms with Gasteiger partial charge in [0.05, 0.1) is 6.61 Å². The van der Waals surface area contributed by atoms with Crippen molar-refractivity contribution >= 4 is 18.0 Å². The molecule has 7 heteroatoms. The van der Waals surface area contributed by atoms with Crippen LogP contribution in [0.1, 0.15) is 32.3 Å². The zero-order valence-electron chi connectivity index (χ0n) is 15.9. The number of amidine groups is 2. The van der Waals surface area contributed by atoms with Crippen molar-refractivity contribution in [1.82, 2.24) is 4.90 Å². The molecule has 2 heterocycles. The topological polar surface area (TPSA) is 108 Å². The second-order valence-corrected chi connectivity index (χ2v) is 6.91.